The van der Waals surface area contributed by atoms with Crippen LogP contribution in [0.25, 0.3) is 10.2 Å². The number of benzene rings is 1. The van der Waals surface area contributed by atoms with E-state index >= 15 is 0 Å². The molecule has 0 aliphatic heterocycles. The maximum Gasteiger partial charge on any atom is 0.235 e. The highest BCUT2D eigenvalue weighted by Crippen LogP contribution is 2.60. The largest absolute Gasteiger partial charge is 0.308 e. The summed E-state index contributed by atoms with van der Waals surface area (Å²) in [4.78, 5) is 22.2. The quantitative estimate of drug-likeness (QED) is 0.628. The smallest absolute Gasteiger partial charge is 0.235 e. The summed E-state index contributed by atoms with van der Waals surface area (Å²) in [5, 5.41) is 0.493. The number of thiazole rings is 1. The van der Waals surface area contributed by atoms with Crippen LogP contribution in [0.3, 0.4) is 0 Å². The van der Waals surface area contributed by atoms with Crippen LogP contribution in [0.1, 0.15) is 38.5 Å². The molecule has 4 aliphatic carbocycles. The first kappa shape index (κ1) is 21.9. The Morgan fingerprint density at radius 3 is 2.27 bits per heavy atom. The fourth-order valence-electron chi connectivity index (χ4n) is 6.30. The van der Waals surface area contributed by atoms with Crippen LogP contribution in [0.2, 0.25) is 0 Å². The molecule has 8 heteroatoms. The second-order valence-corrected chi connectivity index (χ2v) is 10.7. The zero-order chi connectivity index (χ0) is 20.3. The van der Waals surface area contributed by atoms with Crippen molar-refractivity contribution in [2.45, 2.75) is 38.5 Å². The molecule has 0 radical (unpaired) electrons. The Morgan fingerprint density at radius 2 is 1.70 bits per heavy atom. The molecule has 4 fully saturated rings. The summed E-state index contributed by atoms with van der Waals surface area (Å²) < 4.78 is 28.4. The molecule has 0 atom stereocenters. The number of nitrogens with zero attached hydrogens (tertiary/aromatic N) is 3. The van der Waals surface area contributed by atoms with Crippen LogP contribution in [0, 0.1) is 34.8 Å². The predicted octanol–water partition coefficient (Wildman–Crippen LogP) is 5.11. The minimum Gasteiger partial charge on any atom is -0.308 e. The SMILES string of the molecule is CN(C)CCN(C(=O)C12CC3CC(CC(C3)C1)C2)c1nc2c(F)cc(F)cc2s1.Cl. The van der Waals surface area contributed by atoms with Gasteiger partial charge in [-0.2, -0.15) is 0 Å². The molecule has 1 aromatic carbocycles. The number of fused-ring (bicyclic) bond motifs is 1. The summed E-state index contributed by atoms with van der Waals surface area (Å²) in [7, 11) is 3.95. The molecule has 2 aromatic rings. The summed E-state index contributed by atoms with van der Waals surface area (Å²) in [6, 6.07) is 2.16. The first-order valence-electron chi connectivity index (χ1n) is 10.6. The molecule has 164 valence electrons. The van der Waals surface area contributed by atoms with Gasteiger partial charge in [0.25, 0.3) is 0 Å². The number of aromatic nitrogens is 1. The average Bonchev–Trinajstić information content (AvgIpc) is 3.04. The number of hydrogen-bond donors (Lipinski definition) is 0. The summed E-state index contributed by atoms with van der Waals surface area (Å²) in [6.07, 6.45) is 6.75. The third-order valence-corrected chi connectivity index (χ3v) is 8.17. The summed E-state index contributed by atoms with van der Waals surface area (Å²) in [6.45, 7) is 1.21. The molecule has 0 N–H and O–H groups in total. The van der Waals surface area contributed by atoms with Crippen molar-refractivity contribution in [1.29, 1.82) is 0 Å². The molecule has 4 aliphatic rings. The zero-order valence-electron chi connectivity index (χ0n) is 17.4. The van der Waals surface area contributed by atoms with Gasteiger partial charge in [0.2, 0.25) is 5.91 Å². The topological polar surface area (TPSA) is 36.4 Å². The Kier molecular flexibility index (Phi) is 5.83. The highest BCUT2D eigenvalue weighted by molar-refractivity contribution is 7.22. The Bertz CT molecular complexity index is 928. The number of rotatable bonds is 5. The van der Waals surface area contributed by atoms with Crippen molar-refractivity contribution in [2.24, 2.45) is 23.2 Å². The Hall–Kier alpha value is -1.31. The Labute approximate surface area is 186 Å². The van der Waals surface area contributed by atoms with Crippen molar-refractivity contribution in [2.75, 3.05) is 32.1 Å². The van der Waals surface area contributed by atoms with E-state index in [4.69, 9.17) is 0 Å². The normalized spacial score (nSPS) is 29.4. The highest BCUT2D eigenvalue weighted by atomic mass is 35.5. The molecule has 6 rings (SSSR count). The van der Waals surface area contributed by atoms with Crippen molar-refractivity contribution in [3.63, 3.8) is 0 Å². The third kappa shape index (κ3) is 3.73. The number of carbonyl (C=O) groups is 1. The van der Waals surface area contributed by atoms with Gasteiger partial charge in [-0.05, 0) is 76.4 Å². The minimum absolute atomic E-state index is 0. The molecule has 0 spiro atoms. The molecule has 1 aromatic heterocycles. The maximum absolute atomic E-state index is 14.2. The van der Waals surface area contributed by atoms with Crippen LogP contribution >= 0.6 is 23.7 Å². The second-order valence-electron chi connectivity index (χ2n) is 9.69. The van der Waals surface area contributed by atoms with Gasteiger partial charge in [0.05, 0.1) is 10.1 Å². The van der Waals surface area contributed by atoms with Gasteiger partial charge in [-0.3, -0.25) is 9.69 Å². The van der Waals surface area contributed by atoms with E-state index in [9.17, 15) is 13.6 Å². The van der Waals surface area contributed by atoms with Crippen LogP contribution in [0.5, 0.6) is 0 Å². The molecule has 1 heterocycles. The van der Waals surface area contributed by atoms with Gasteiger partial charge in [0.15, 0.2) is 10.9 Å². The number of hydrogen-bond acceptors (Lipinski definition) is 4. The summed E-state index contributed by atoms with van der Waals surface area (Å²) >= 11 is 1.21. The van der Waals surface area contributed by atoms with Gasteiger partial charge < -0.3 is 4.90 Å². The fraction of sp³-hybridized carbons (Fsp3) is 0.636. The Morgan fingerprint density at radius 1 is 1.10 bits per heavy atom. The molecule has 0 saturated heterocycles. The van der Waals surface area contributed by atoms with Crippen molar-refractivity contribution < 1.29 is 13.6 Å². The van der Waals surface area contributed by atoms with E-state index in [-0.39, 0.29) is 29.2 Å². The second kappa shape index (κ2) is 7.99. The number of halogens is 3. The van der Waals surface area contributed by atoms with Crippen LogP contribution in [0.15, 0.2) is 12.1 Å². The van der Waals surface area contributed by atoms with E-state index in [0.717, 1.165) is 25.3 Å². The van der Waals surface area contributed by atoms with E-state index in [2.05, 4.69) is 4.98 Å². The maximum atomic E-state index is 14.2. The standard InChI is InChI=1S/C22H27F2N3OS.ClH/c1-26(2)3-4-27(21-25-19-17(24)8-16(23)9-18(19)29-21)20(28)22-10-13-5-14(11-22)7-15(6-13)12-22;/h8-9,13-15H,3-7,10-12H2,1-2H3;1H. The molecule has 4 nitrogen and oxygen atoms in total. The molecular formula is C22H28ClF2N3OS. The summed E-state index contributed by atoms with van der Waals surface area (Å²) in [5.74, 6) is 0.876. The highest BCUT2D eigenvalue weighted by Gasteiger charge is 2.56. The van der Waals surface area contributed by atoms with Crippen molar-refractivity contribution in [1.82, 2.24) is 9.88 Å². The van der Waals surface area contributed by atoms with Crippen LogP contribution in [-0.2, 0) is 4.79 Å². The lowest BCUT2D eigenvalue weighted by molar-refractivity contribution is -0.143. The molecule has 4 bridgehead atoms. The predicted molar refractivity (Wildman–Crippen MR) is 118 cm³/mol. The van der Waals surface area contributed by atoms with Crippen molar-refractivity contribution >= 4 is 45.0 Å². The van der Waals surface area contributed by atoms with E-state index in [1.54, 1.807) is 4.90 Å². The van der Waals surface area contributed by atoms with Gasteiger partial charge in [0, 0.05) is 19.2 Å². The fourth-order valence-corrected chi connectivity index (χ4v) is 7.33. The lowest BCUT2D eigenvalue weighted by Crippen LogP contribution is -2.55. The van der Waals surface area contributed by atoms with Crippen molar-refractivity contribution in [3.8, 4) is 0 Å². The minimum atomic E-state index is -0.669. The monoisotopic (exact) mass is 455 g/mol. The van der Waals surface area contributed by atoms with E-state index in [1.807, 2.05) is 19.0 Å². The average molecular weight is 456 g/mol. The number of anilines is 1. The van der Waals surface area contributed by atoms with Gasteiger partial charge in [0.1, 0.15) is 11.3 Å². The Balaban J connectivity index is 0.00000218. The van der Waals surface area contributed by atoms with E-state index < -0.39 is 11.6 Å². The van der Waals surface area contributed by atoms with Gasteiger partial charge in [-0.25, -0.2) is 13.8 Å². The first-order valence-corrected chi connectivity index (χ1v) is 11.4. The van der Waals surface area contributed by atoms with Crippen molar-refractivity contribution in [3.05, 3.63) is 23.8 Å². The summed E-state index contributed by atoms with van der Waals surface area (Å²) in [5.41, 5.74) is -0.137. The van der Waals surface area contributed by atoms with Gasteiger partial charge in [-0.1, -0.05) is 11.3 Å². The molecule has 30 heavy (non-hydrogen) atoms. The number of likely N-dealkylation sites (N-methyl/N-ethyl adjacent to an activating group) is 1. The molecular weight excluding hydrogens is 428 g/mol. The molecule has 1 amide bonds. The zero-order valence-corrected chi connectivity index (χ0v) is 19.0. The lowest BCUT2D eigenvalue weighted by Gasteiger charge is -2.56. The lowest BCUT2D eigenvalue weighted by atomic mass is 9.49. The van der Waals surface area contributed by atoms with Crippen LogP contribution in [0.4, 0.5) is 13.9 Å². The number of amides is 1. The molecule has 4 saturated carbocycles. The van der Waals surface area contributed by atoms with Crippen LogP contribution in [-0.4, -0.2) is 43.0 Å². The van der Waals surface area contributed by atoms with E-state index in [1.165, 1.54) is 36.7 Å². The van der Waals surface area contributed by atoms with E-state index in [0.29, 0.717) is 40.7 Å². The molecule has 0 unspecified atom stereocenters. The first-order chi connectivity index (χ1) is 13.8. The third-order valence-electron chi connectivity index (χ3n) is 7.14. The van der Waals surface area contributed by atoms with Crippen LogP contribution < -0.4 is 4.90 Å². The number of carbonyl (C=O) groups excluding carboxylic acids is 1. The van der Waals surface area contributed by atoms with Gasteiger partial charge >= 0.3 is 0 Å². The van der Waals surface area contributed by atoms with Gasteiger partial charge in [-0.15, -0.1) is 12.4 Å².